The number of ether oxygens (including phenoxy) is 3. The van der Waals surface area contributed by atoms with Crippen molar-refractivity contribution < 1.29 is 19.0 Å². The second-order valence-corrected chi connectivity index (χ2v) is 6.10. The SMILES string of the molecule is O=C(COc1ccc(Br)cc1)N/N=C\c1cc(Cl)c2c(c1)OCO2. The molecular weight excluding hydrogens is 400 g/mol. The molecule has 124 valence electrons. The summed E-state index contributed by atoms with van der Waals surface area (Å²) in [4.78, 5) is 11.7. The summed E-state index contributed by atoms with van der Waals surface area (Å²) in [5.41, 5.74) is 3.06. The number of fused-ring (bicyclic) bond motifs is 1. The van der Waals surface area contributed by atoms with Crippen LogP contribution in [-0.4, -0.2) is 25.5 Å². The van der Waals surface area contributed by atoms with E-state index in [4.69, 9.17) is 25.8 Å². The van der Waals surface area contributed by atoms with E-state index in [2.05, 4.69) is 26.5 Å². The maximum Gasteiger partial charge on any atom is 0.277 e. The number of carbonyl (C=O) groups is 1. The minimum absolute atomic E-state index is 0.138. The number of carbonyl (C=O) groups excluding carboxylic acids is 1. The molecule has 0 saturated carbocycles. The summed E-state index contributed by atoms with van der Waals surface area (Å²) < 4.78 is 16.8. The maximum absolute atomic E-state index is 11.7. The van der Waals surface area contributed by atoms with Gasteiger partial charge in [0.1, 0.15) is 5.75 Å². The molecule has 0 aliphatic carbocycles. The molecule has 0 bridgehead atoms. The van der Waals surface area contributed by atoms with Crippen LogP contribution in [0.3, 0.4) is 0 Å². The molecule has 2 aromatic carbocycles. The van der Waals surface area contributed by atoms with Crippen LogP contribution in [-0.2, 0) is 4.79 Å². The highest BCUT2D eigenvalue weighted by molar-refractivity contribution is 9.10. The molecule has 2 aromatic rings. The third kappa shape index (κ3) is 4.18. The second kappa shape index (κ2) is 7.55. The Balaban J connectivity index is 1.51. The van der Waals surface area contributed by atoms with Crippen LogP contribution in [0.25, 0.3) is 0 Å². The predicted molar refractivity (Wildman–Crippen MR) is 92.9 cm³/mol. The van der Waals surface area contributed by atoms with Gasteiger partial charge in [0.2, 0.25) is 6.79 Å². The Kier molecular flexibility index (Phi) is 5.22. The Hall–Kier alpha value is -2.25. The van der Waals surface area contributed by atoms with E-state index in [9.17, 15) is 4.79 Å². The fraction of sp³-hybridized carbons (Fsp3) is 0.125. The number of benzene rings is 2. The molecule has 0 radical (unpaired) electrons. The molecule has 3 rings (SSSR count). The largest absolute Gasteiger partial charge is 0.484 e. The van der Waals surface area contributed by atoms with Crippen molar-refractivity contribution >= 4 is 39.7 Å². The Morgan fingerprint density at radius 3 is 2.92 bits per heavy atom. The van der Waals surface area contributed by atoms with Gasteiger partial charge < -0.3 is 14.2 Å². The highest BCUT2D eigenvalue weighted by Crippen LogP contribution is 2.39. The highest BCUT2D eigenvalue weighted by Gasteiger charge is 2.17. The van der Waals surface area contributed by atoms with E-state index < -0.39 is 0 Å². The van der Waals surface area contributed by atoms with E-state index in [1.54, 1.807) is 24.3 Å². The van der Waals surface area contributed by atoms with Gasteiger partial charge in [0.05, 0.1) is 11.2 Å². The summed E-state index contributed by atoms with van der Waals surface area (Å²) in [5.74, 6) is 1.29. The van der Waals surface area contributed by atoms with Crippen LogP contribution in [0.4, 0.5) is 0 Å². The Morgan fingerprint density at radius 1 is 1.33 bits per heavy atom. The first kappa shape index (κ1) is 16.6. The molecule has 24 heavy (non-hydrogen) atoms. The highest BCUT2D eigenvalue weighted by atomic mass is 79.9. The summed E-state index contributed by atoms with van der Waals surface area (Å²) in [6.07, 6.45) is 1.46. The molecule has 0 fully saturated rings. The average Bonchev–Trinajstić information content (AvgIpc) is 3.03. The molecule has 6 nitrogen and oxygen atoms in total. The van der Waals surface area contributed by atoms with Crippen molar-refractivity contribution in [3.05, 3.63) is 51.5 Å². The topological polar surface area (TPSA) is 69.2 Å². The quantitative estimate of drug-likeness (QED) is 0.605. The Bertz CT molecular complexity index is 780. The summed E-state index contributed by atoms with van der Waals surface area (Å²) >= 11 is 9.39. The zero-order valence-corrected chi connectivity index (χ0v) is 14.6. The van der Waals surface area contributed by atoms with Crippen molar-refractivity contribution in [2.24, 2.45) is 5.10 Å². The number of hydrazone groups is 1. The summed E-state index contributed by atoms with van der Waals surface area (Å²) in [6, 6.07) is 10.6. The minimum Gasteiger partial charge on any atom is -0.484 e. The van der Waals surface area contributed by atoms with Crippen LogP contribution in [0.2, 0.25) is 5.02 Å². The van der Waals surface area contributed by atoms with E-state index in [1.807, 2.05) is 12.1 Å². The van der Waals surface area contributed by atoms with Crippen molar-refractivity contribution in [2.75, 3.05) is 13.4 Å². The molecule has 1 amide bonds. The molecule has 1 aliphatic heterocycles. The molecule has 0 saturated heterocycles. The molecule has 0 spiro atoms. The van der Waals surface area contributed by atoms with Gasteiger partial charge in [-0.1, -0.05) is 27.5 Å². The fourth-order valence-electron chi connectivity index (χ4n) is 1.95. The van der Waals surface area contributed by atoms with Crippen LogP contribution in [0.15, 0.2) is 46.0 Å². The van der Waals surface area contributed by atoms with Crippen LogP contribution in [0.5, 0.6) is 17.2 Å². The van der Waals surface area contributed by atoms with Gasteiger partial charge in [-0.25, -0.2) is 5.43 Å². The van der Waals surface area contributed by atoms with E-state index in [-0.39, 0.29) is 19.3 Å². The van der Waals surface area contributed by atoms with Crippen molar-refractivity contribution in [1.82, 2.24) is 5.43 Å². The van der Waals surface area contributed by atoms with Gasteiger partial charge in [-0.05, 0) is 42.0 Å². The van der Waals surface area contributed by atoms with Gasteiger partial charge in [0, 0.05) is 4.47 Å². The smallest absolute Gasteiger partial charge is 0.277 e. The van der Waals surface area contributed by atoms with E-state index >= 15 is 0 Å². The minimum atomic E-state index is -0.374. The second-order valence-electron chi connectivity index (χ2n) is 4.77. The van der Waals surface area contributed by atoms with Crippen LogP contribution in [0, 0.1) is 0 Å². The van der Waals surface area contributed by atoms with Gasteiger partial charge >= 0.3 is 0 Å². The molecule has 1 heterocycles. The first-order valence-corrected chi connectivity index (χ1v) is 8.08. The first-order chi connectivity index (χ1) is 11.6. The standard InChI is InChI=1S/C16H12BrClN2O4/c17-11-1-3-12(4-2-11)22-8-15(21)20-19-7-10-5-13(18)16-14(6-10)23-9-24-16/h1-7H,8-9H2,(H,20,21)/b19-7-. The number of nitrogens with one attached hydrogen (secondary N) is 1. The summed E-state index contributed by atoms with van der Waals surface area (Å²) in [5, 5.41) is 4.29. The van der Waals surface area contributed by atoms with Gasteiger partial charge in [-0.15, -0.1) is 0 Å². The number of hydrogen-bond acceptors (Lipinski definition) is 5. The van der Waals surface area contributed by atoms with Crippen molar-refractivity contribution in [3.63, 3.8) is 0 Å². The van der Waals surface area contributed by atoms with Gasteiger partial charge in [0.15, 0.2) is 18.1 Å². The summed E-state index contributed by atoms with van der Waals surface area (Å²) in [7, 11) is 0. The Morgan fingerprint density at radius 2 is 2.12 bits per heavy atom. The van der Waals surface area contributed by atoms with Crippen molar-refractivity contribution in [1.29, 1.82) is 0 Å². The monoisotopic (exact) mass is 410 g/mol. The number of hydrogen-bond donors (Lipinski definition) is 1. The van der Waals surface area contributed by atoms with Gasteiger partial charge in [-0.2, -0.15) is 5.10 Å². The van der Waals surface area contributed by atoms with Gasteiger partial charge in [0.25, 0.3) is 5.91 Å². The zero-order chi connectivity index (χ0) is 16.9. The van der Waals surface area contributed by atoms with Crippen LogP contribution >= 0.6 is 27.5 Å². The lowest BCUT2D eigenvalue weighted by Crippen LogP contribution is -2.24. The molecule has 1 aliphatic rings. The number of rotatable bonds is 5. The van der Waals surface area contributed by atoms with Crippen LogP contribution < -0.4 is 19.6 Å². The van der Waals surface area contributed by atoms with Crippen molar-refractivity contribution in [2.45, 2.75) is 0 Å². The molecular formula is C16H12BrClN2O4. The van der Waals surface area contributed by atoms with E-state index in [1.165, 1.54) is 6.21 Å². The normalized spacial score (nSPS) is 12.4. The maximum atomic E-state index is 11.7. The number of amides is 1. The number of nitrogens with zero attached hydrogens (tertiary/aromatic N) is 1. The lowest BCUT2D eigenvalue weighted by molar-refractivity contribution is -0.123. The molecule has 8 heteroatoms. The number of halogens is 2. The Labute approximate surface area is 151 Å². The predicted octanol–water partition coefficient (Wildman–Crippen LogP) is 3.36. The third-order valence-corrected chi connectivity index (χ3v) is 3.85. The lowest BCUT2D eigenvalue weighted by atomic mass is 10.2. The van der Waals surface area contributed by atoms with E-state index in [0.29, 0.717) is 27.8 Å². The molecule has 0 unspecified atom stereocenters. The lowest BCUT2D eigenvalue weighted by Gasteiger charge is -2.05. The molecule has 0 atom stereocenters. The summed E-state index contributed by atoms with van der Waals surface area (Å²) in [6.45, 7) is 0.000644. The van der Waals surface area contributed by atoms with Crippen molar-refractivity contribution in [3.8, 4) is 17.2 Å². The van der Waals surface area contributed by atoms with Crippen LogP contribution in [0.1, 0.15) is 5.56 Å². The molecule has 0 aromatic heterocycles. The fourth-order valence-corrected chi connectivity index (χ4v) is 2.49. The first-order valence-electron chi connectivity index (χ1n) is 6.91. The molecule has 1 N–H and O–H groups in total. The van der Waals surface area contributed by atoms with Gasteiger partial charge in [-0.3, -0.25) is 4.79 Å². The average molecular weight is 412 g/mol. The third-order valence-electron chi connectivity index (χ3n) is 3.04. The van der Waals surface area contributed by atoms with E-state index in [0.717, 1.165) is 4.47 Å². The zero-order valence-electron chi connectivity index (χ0n) is 12.3.